The molecule has 0 aliphatic carbocycles. The van der Waals surface area contributed by atoms with Crippen LogP contribution in [-0.4, -0.2) is 19.3 Å². The van der Waals surface area contributed by atoms with Gasteiger partial charge in [0.05, 0.1) is 0 Å². The first-order chi connectivity index (χ1) is 11.1. The first-order valence-corrected chi connectivity index (χ1v) is 7.89. The summed E-state index contributed by atoms with van der Waals surface area (Å²) < 4.78 is 5.55. The third-order valence-electron chi connectivity index (χ3n) is 3.43. The zero-order valence-corrected chi connectivity index (χ0v) is 14.1. The van der Waals surface area contributed by atoms with E-state index in [9.17, 15) is 4.79 Å². The van der Waals surface area contributed by atoms with Gasteiger partial charge in [-0.3, -0.25) is 0 Å². The lowest BCUT2D eigenvalue weighted by molar-refractivity contribution is 0.224. The van der Waals surface area contributed by atoms with E-state index >= 15 is 0 Å². The average Bonchev–Trinajstić information content (AvgIpc) is 2.51. The van der Waals surface area contributed by atoms with E-state index in [2.05, 4.69) is 10.6 Å². The molecule has 2 aromatic carbocycles. The Morgan fingerprint density at radius 3 is 2.65 bits per heavy atom. The van der Waals surface area contributed by atoms with Crippen LogP contribution in [0.3, 0.4) is 0 Å². The van der Waals surface area contributed by atoms with Crippen LogP contribution in [0.1, 0.15) is 16.7 Å². The molecule has 2 aromatic rings. The second kappa shape index (κ2) is 8.44. The molecule has 0 unspecified atom stereocenters. The number of carbonyl (C=O) groups excluding carboxylic acids is 1. The van der Waals surface area contributed by atoms with Crippen LogP contribution < -0.4 is 15.4 Å². The van der Waals surface area contributed by atoms with Gasteiger partial charge >= 0.3 is 6.03 Å². The Labute approximate surface area is 141 Å². The smallest absolute Gasteiger partial charge is 0.317 e. The maximum atomic E-state index is 11.7. The number of rotatable bonds is 6. The van der Waals surface area contributed by atoms with Crippen molar-refractivity contribution in [1.82, 2.24) is 10.6 Å². The molecule has 2 N–H and O–H groups in total. The van der Waals surface area contributed by atoms with Crippen molar-refractivity contribution in [2.75, 3.05) is 13.3 Å². The fourth-order valence-electron chi connectivity index (χ4n) is 2.22. The maximum absolute atomic E-state index is 11.7. The number of ether oxygens (including phenoxy) is 1. The van der Waals surface area contributed by atoms with E-state index in [1.54, 1.807) is 0 Å². The van der Waals surface area contributed by atoms with Crippen molar-refractivity contribution in [3.63, 3.8) is 0 Å². The molecule has 0 fully saturated rings. The number of halogens is 1. The van der Waals surface area contributed by atoms with Gasteiger partial charge < -0.3 is 15.4 Å². The Hall–Kier alpha value is -2.20. The highest BCUT2D eigenvalue weighted by Crippen LogP contribution is 2.18. The summed E-state index contributed by atoms with van der Waals surface area (Å²) in [6.45, 7) is 4.65. The summed E-state index contributed by atoms with van der Waals surface area (Å²) >= 11 is 6.07. The Balaban J connectivity index is 1.68. The van der Waals surface area contributed by atoms with E-state index in [-0.39, 0.29) is 12.8 Å². The standard InChI is InChI=1S/C18H21ClN2O2/c1-13-7-8-17(14(2)11-13)23-12-21-18(22)20-10-9-15-5-3-4-6-16(15)19/h3-8,11H,9-10,12H2,1-2H3,(H2,20,21,22). The average molecular weight is 333 g/mol. The van der Waals surface area contributed by atoms with E-state index < -0.39 is 0 Å². The molecule has 0 heterocycles. The van der Waals surface area contributed by atoms with Gasteiger partial charge in [-0.15, -0.1) is 0 Å². The molecule has 2 amide bonds. The van der Waals surface area contributed by atoms with E-state index in [1.165, 1.54) is 5.56 Å². The Bertz CT molecular complexity index is 674. The van der Waals surface area contributed by atoms with Gasteiger partial charge in [0.15, 0.2) is 6.73 Å². The van der Waals surface area contributed by atoms with E-state index in [0.717, 1.165) is 16.9 Å². The van der Waals surface area contributed by atoms with Crippen molar-refractivity contribution in [3.05, 3.63) is 64.2 Å². The summed E-state index contributed by atoms with van der Waals surface area (Å²) in [5.74, 6) is 0.770. The lowest BCUT2D eigenvalue weighted by Crippen LogP contribution is -2.38. The number of urea groups is 1. The minimum atomic E-state index is -0.262. The second-order valence-electron chi connectivity index (χ2n) is 5.33. The normalized spacial score (nSPS) is 10.2. The minimum absolute atomic E-state index is 0.127. The Morgan fingerprint density at radius 2 is 1.91 bits per heavy atom. The molecule has 122 valence electrons. The summed E-state index contributed by atoms with van der Waals surface area (Å²) in [5.41, 5.74) is 3.24. The third kappa shape index (κ3) is 5.49. The summed E-state index contributed by atoms with van der Waals surface area (Å²) in [5, 5.41) is 6.16. The third-order valence-corrected chi connectivity index (χ3v) is 3.80. The monoisotopic (exact) mass is 332 g/mol. The fraction of sp³-hybridized carbons (Fsp3) is 0.278. The predicted molar refractivity (Wildman–Crippen MR) is 93.1 cm³/mol. The van der Waals surface area contributed by atoms with E-state index in [4.69, 9.17) is 16.3 Å². The van der Waals surface area contributed by atoms with Crippen molar-refractivity contribution in [2.45, 2.75) is 20.3 Å². The molecule has 0 aliphatic heterocycles. The molecule has 0 spiro atoms. The van der Waals surface area contributed by atoms with Crippen LogP contribution in [0.25, 0.3) is 0 Å². The van der Waals surface area contributed by atoms with Gasteiger partial charge in [-0.25, -0.2) is 4.79 Å². The van der Waals surface area contributed by atoms with Gasteiger partial charge in [0.1, 0.15) is 5.75 Å². The van der Waals surface area contributed by atoms with Crippen molar-refractivity contribution in [2.24, 2.45) is 0 Å². The molecule has 0 aromatic heterocycles. The lowest BCUT2D eigenvalue weighted by atomic mass is 10.1. The molecule has 5 heteroatoms. The van der Waals surface area contributed by atoms with Crippen LogP contribution in [0, 0.1) is 13.8 Å². The molecule has 0 bridgehead atoms. The maximum Gasteiger partial charge on any atom is 0.317 e. The van der Waals surface area contributed by atoms with Crippen LogP contribution in [-0.2, 0) is 6.42 Å². The highest BCUT2D eigenvalue weighted by molar-refractivity contribution is 6.31. The van der Waals surface area contributed by atoms with Crippen LogP contribution in [0.4, 0.5) is 4.79 Å². The van der Waals surface area contributed by atoms with Crippen LogP contribution in [0.2, 0.25) is 5.02 Å². The molecule has 0 radical (unpaired) electrons. The molecular weight excluding hydrogens is 312 g/mol. The first kappa shape index (κ1) is 17.2. The highest BCUT2D eigenvalue weighted by Gasteiger charge is 2.03. The van der Waals surface area contributed by atoms with Crippen molar-refractivity contribution >= 4 is 17.6 Å². The number of hydrogen-bond donors (Lipinski definition) is 2. The molecule has 23 heavy (non-hydrogen) atoms. The quantitative estimate of drug-likeness (QED) is 0.790. The number of nitrogens with one attached hydrogen (secondary N) is 2. The van der Waals surface area contributed by atoms with Gasteiger partial charge in [-0.2, -0.15) is 0 Å². The summed E-state index contributed by atoms with van der Waals surface area (Å²) in [6.07, 6.45) is 0.686. The van der Waals surface area contributed by atoms with Gasteiger partial charge in [-0.05, 0) is 43.5 Å². The molecular formula is C18H21ClN2O2. The first-order valence-electron chi connectivity index (χ1n) is 7.51. The van der Waals surface area contributed by atoms with Gasteiger partial charge in [-0.1, -0.05) is 47.5 Å². The van der Waals surface area contributed by atoms with Crippen LogP contribution in [0.15, 0.2) is 42.5 Å². The van der Waals surface area contributed by atoms with Crippen molar-refractivity contribution < 1.29 is 9.53 Å². The summed E-state index contributed by atoms with van der Waals surface area (Å²) in [7, 11) is 0. The number of benzene rings is 2. The largest absolute Gasteiger partial charge is 0.473 e. The summed E-state index contributed by atoms with van der Waals surface area (Å²) in [6, 6.07) is 13.3. The molecule has 0 saturated heterocycles. The zero-order chi connectivity index (χ0) is 16.7. The lowest BCUT2D eigenvalue weighted by Gasteiger charge is -2.11. The number of carbonyl (C=O) groups is 1. The number of aryl methyl sites for hydroxylation is 2. The topological polar surface area (TPSA) is 50.4 Å². The predicted octanol–water partition coefficient (Wildman–Crippen LogP) is 3.84. The molecule has 2 rings (SSSR count). The Morgan fingerprint density at radius 1 is 1.13 bits per heavy atom. The van der Waals surface area contributed by atoms with Crippen molar-refractivity contribution in [3.8, 4) is 5.75 Å². The van der Waals surface area contributed by atoms with Crippen LogP contribution >= 0.6 is 11.6 Å². The number of amides is 2. The Kier molecular flexibility index (Phi) is 6.29. The summed E-state index contributed by atoms with van der Waals surface area (Å²) in [4.78, 5) is 11.7. The van der Waals surface area contributed by atoms with Gasteiger partial charge in [0.2, 0.25) is 0 Å². The molecule has 0 aliphatic rings. The molecule has 0 atom stereocenters. The SMILES string of the molecule is Cc1ccc(OCNC(=O)NCCc2ccccc2Cl)c(C)c1. The van der Waals surface area contributed by atoms with Gasteiger partial charge in [0.25, 0.3) is 0 Å². The molecule has 0 saturated carbocycles. The zero-order valence-electron chi connectivity index (χ0n) is 13.4. The fourth-order valence-corrected chi connectivity index (χ4v) is 2.45. The van der Waals surface area contributed by atoms with Crippen LogP contribution in [0.5, 0.6) is 5.75 Å². The van der Waals surface area contributed by atoms with E-state index in [1.807, 2.05) is 56.3 Å². The second-order valence-corrected chi connectivity index (χ2v) is 5.74. The van der Waals surface area contributed by atoms with E-state index in [0.29, 0.717) is 18.0 Å². The van der Waals surface area contributed by atoms with Gasteiger partial charge in [0, 0.05) is 11.6 Å². The van der Waals surface area contributed by atoms with Crippen molar-refractivity contribution in [1.29, 1.82) is 0 Å². The minimum Gasteiger partial charge on any atom is -0.473 e. The number of hydrogen-bond acceptors (Lipinski definition) is 2. The highest BCUT2D eigenvalue weighted by atomic mass is 35.5. The molecule has 4 nitrogen and oxygen atoms in total.